The van der Waals surface area contributed by atoms with Crippen LogP contribution in [-0.2, 0) is 0 Å². The molecule has 0 saturated heterocycles. The Hall–Kier alpha value is -2.70. The highest BCUT2D eigenvalue weighted by molar-refractivity contribution is 6.02. The molecule has 0 unspecified atom stereocenters. The number of aromatic nitrogens is 5. The molecule has 7 heteroatoms. The minimum Gasteiger partial charge on any atom is -0.364 e. The lowest BCUT2D eigenvalue weighted by Gasteiger charge is -2.05. The van der Waals surface area contributed by atoms with E-state index in [4.69, 9.17) is 5.73 Å². The van der Waals surface area contributed by atoms with Gasteiger partial charge >= 0.3 is 0 Å². The van der Waals surface area contributed by atoms with Gasteiger partial charge in [-0.15, -0.1) is 0 Å². The number of carbonyl (C=O) groups excluding carboxylic acids is 1. The summed E-state index contributed by atoms with van der Waals surface area (Å²) < 4.78 is 1.64. The van der Waals surface area contributed by atoms with Crippen LogP contribution in [0.2, 0.25) is 0 Å². The number of imidazole rings is 1. The highest BCUT2D eigenvalue weighted by atomic mass is 16.1. The molecule has 3 heterocycles. The molecule has 0 saturated carbocycles. The predicted molar refractivity (Wildman–Crippen MR) is 59.1 cm³/mol. The molecule has 3 aromatic rings. The topological polar surface area (TPSA) is 91.6 Å². The predicted octanol–water partition coefficient (Wildman–Crippen LogP) is 0.0381. The van der Waals surface area contributed by atoms with Crippen LogP contribution in [0.25, 0.3) is 10.9 Å². The molecule has 0 aliphatic heterocycles. The summed E-state index contributed by atoms with van der Waals surface area (Å²) in [5.74, 6) is -0.586. The molecule has 0 aliphatic rings. The summed E-state index contributed by atoms with van der Waals surface area (Å²) in [5, 5.41) is 4.97. The second-order valence-corrected chi connectivity index (χ2v) is 3.44. The van der Waals surface area contributed by atoms with Crippen LogP contribution in [0.5, 0.6) is 0 Å². The van der Waals surface area contributed by atoms with Crippen LogP contribution < -0.4 is 5.73 Å². The highest BCUT2D eigenvalue weighted by Crippen LogP contribution is 2.16. The number of pyridine rings is 1. The van der Waals surface area contributed by atoms with E-state index < -0.39 is 5.91 Å². The monoisotopic (exact) mass is 228 g/mol. The summed E-state index contributed by atoms with van der Waals surface area (Å²) in [6.07, 6.45) is 8.08. The van der Waals surface area contributed by atoms with E-state index in [1.165, 1.54) is 11.0 Å². The van der Waals surface area contributed by atoms with Gasteiger partial charge in [-0.05, 0) is 6.07 Å². The maximum absolute atomic E-state index is 11.3. The fourth-order valence-electron chi connectivity index (χ4n) is 1.68. The van der Waals surface area contributed by atoms with E-state index in [2.05, 4.69) is 15.1 Å². The van der Waals surface area contributed by atoms with Crippen molar-refractivity contribution in [1.29, 1.82) is 0 Å². The lowest BCUT2D eigenvalue weighted by molar-refractivity contribution is 0.0997. The molecule has 0 aromatic carbocycles. The fraction of sp³-hybridized carbons (Fsp3) is 0. The molecule has 3 aromatic heterocycles. The molecule has 84 valence electrons. The van der Waals surface area contributed by atoms with E-state index in [0.29, 0.717) is 5.52 Å². The Labute approximate surface area is 95.5 Å². The number of primary amides is 1. The van der Waals surface area contributed by atoms with Crippen molar-refractivity contribution in [1.82, 2.24) is 24.5 Å². The average molecular weight is 228 g/mol. The maximum Gasteiger partial charge on any atom is 0.269 e. The van der Waals surface area contributed by atoms with Gasteiger partial charge in [0.05, 0.1) is 6.20 Å². The SMILES string of the molecule is NC(=O)c1nccc2cnn(-n3ccnc3)c12. The molecule has 0 bridgehead atoms. The first-order valence-electron chi connectivity index (χ1n) is 4.88. The number of rotatable bonds is 2. The van der Waals surface area contributed by atoms with Gasteiger partial charge in [-0.3, -0.25) is 4.79 Å². The Kier molecular flexibility index (Phi) is 1.91. The number of amides is 1. The molecule has 3 rings (SSSR count). The van der Waals surface area contributed by atoms with Gasteiger partial charge in [0.15, 0.2) is 5.69 Å². The first-order valence-corrected chi connectivity index (χ1v) is 4.88. The molecule has 0 atom stereocenters. The Morgan fingerprint density at radius 3 is 2.94 bits per heavy atom. The van der Waals surface area contributed by atoms with Gasteiger partial charge in [0.2, 0.25) is 0 Å². The number of hydrogen-bond donors (Lipinski definition) is 1. The standard InChI is InChI=1S/C10H8N6O/c11-10(17)8-9-7(1-2-13-8)5-14-16(9)15-4-3-12-6-15/h1-6H,(H2,11,17). The van der Waals surface area contributed by atoms with E-state index in [0.717, 1.165) is 5.39 Å². The second-order valence-electron chi connectivity index (χ2n) is 3.44. The van der Waals surface area contributed by atoms with Gasteiger partial charge in [0.25, 0.3) is 5.91 Å². The maximum atomic E-state index is 11.3. The van der Waals surface area contributed by atoms with Gasteiger partial charge < -0.3 is 5.73 Å². The van der Waals surface area contributed by atoms with E-state index in [1.54, 1.807) is 35.7 Å². The van der Waals surface area contributed by atoms with Crippen molar-refractivity contribution >= 4 is 16.8 Å². The number of carbonyl (C=O) groups is 1. The van der Waals surface area contributed by atoms with Gasteiger partial charge in [-0.25, -0.2) is 14.6 Å². The normalized spacial score (nSPS) is 10.8. The first kappa shape index (κ1) is 9.52. The van der Waals surface area contributed by atoms with Gasteiger partial charge in [0.1, 0.15) is 11.8 Å². The van der Waals surface area contributed by atoms with Crippen LogP contribution in [-0.4, -0.2) is 30.4 Å². The van der Waals surface area contributed by atoms with Crippen molar-refractivity contribution < 1.29 is 4.79 Å². The minimum atomic E-state index is -0.586. The van der Waals surface area contributed by atoms with Crippen LogP contribution in [0.3, 0.4) is 0 Å². The summed E-state index contributed by atoms with van der Waals surface area (Å²) >= 11 is 0. The lowest BCUT2D eigenvalue weighted by Crippen LogP contribution is -2.17. The molecule has 2 N–H and O–H groups in total. The highest BCUT2D eigenvalue weighted by Gasteiger charge is 2.14. The van der Waals surface area contributed by atoms with Crippen LogP contribution >= 0.6 is 0 Å². The second kappa shape index (κ2) is 3.41. The van der Waals surface area contributed by atoms with Crippen molar-refractivity contribution in [3.8, 4) is 0 Å². The van der Waals surface area contributed by atoms with E-state index in [9.17, 15) is 4.79 Å². The molecule has 1 amide bonds. The van der Waals surface area contributed by atoms with E-state index >= 15 is 0 Å². The number of fused-ring (bicyclic) bond motifs is 1. The molecule has 0 radical (unpaired) electrons. The molecule has 0 fully saturated rings. The summed E-state index contributed by atoms with van der Waals surface area (Å²) in [6, 6.07) is 1.77. The Morgan fingerprint density at radius 2 is 2.24 bits per heavy atom. The number of hydrogen-bond acceptors (Lipinski definition) is 4. The largest absolute Gasteiger partial charge is 0.364 e. The molecule has 0 spiro atoms. The molecule has 17 heavy (non-hydrogen) atoms. The average Bonchev–Trinajstić information content (AvgIpc) is 2.96. The Morgan fingerprint density at radius 1 is 1.35 bits per heavy atom. The molecule has 7 nitrogen and oxygen atoms in total. The summed E-state index contributed by atoms with van der Waals surface area (Å²) in [4.78, 5) is 20.8. The quantitative estimate of drug-likeness (QED) is 0.670. The first-order chi connectivity index (χ1) is 8.27. The molecular formula is C10H8N6O. The van der Waals surface area contributed by atoms with Gasteiger partial charge in [0, 0.05) is 24.0 Å². The van der Waals surface area contributed by atoms with E-state index in [1.807, 2.05) is 0 Å². The minimum absolute atomic E-state index is 0.189. The third-order valence-corrected chi connectivity index (χ3v) is 2.40. The number of nitrogens with zero attached hydrogens (tertiary/aromatic N) is 5. The third-order valence-electron chi connectivity index (χ3n) is 2.40. The Bertz CT molecular complexity index is 684. The summed E-state index contributed by atoms with van der Waals surface area (Å²) in [5.41, 5.74) is 6.05. The fourth-order valence-corrected chi connectivity index (χ4v) is 1.68. The third kappa shape index (κ3) is 1.36. The van der Waals surface area contributed by atoms with Crippen molar-refractivity contribution in [3.05, 3.63) is 42.9 Å². The summed E-state index contributed by atoms with van der Waals surface area (Å²) in [6.45, 7) is 0. The van der Waals surface area contributed by atoms with Crippen molar-refractivity contribution in [2.75, 3.05) is 0 Å². The smallest absolute Gasteiger partial charge is 0.269 e. The lowest BCUT2D eigenvalue weighted by atomic mass is 10.2. The van der Waals surface area contributed by atoms with Crippen LogP contribution in [0, 0.1) is 0 Å². The molecule has 0 aliphatic carbocycles. The zero-order valence-electron chi connectivity index (χ0n) is 8.69. The van der Waals surface area contributed by atoms with Crippen molar-refractivity contribution in [2.45, 2.75) is 0 Å². The number of nitrogens with two attached hydrogens (primary N) is 1. The van der Waals surface area contributed by atoms with Crippen LogP contribution in [0.1, 0.15) is 10.5 Å². The summed E-state index contributed by atoms with van der Waals surface area (Å²) in [7, 11) is 0. The van der Waals surface area contributed by atoms with Crippen LogP contribution in [0.15, 0.2) is 37.2 Å². The van der Waals surface area contributed by atoms with Gasteiger partial charge in [-0.2, -0.15) is 9.89 Å². The van der Waals surface area contributed by atoms with Crippen molar-refractivity contribution in [2.24, 2.45) is 5.73 Å². The van der Waals surface area contributed by atoms with Crippen LogP contribution in [0.4, 0.5) is 0 Å². The molecular weight excluding hydrogens is 220 g/mol. The van der Waals surface area contributed by atoms with Gasteiger partial charge in [-0.1, -0.05) is 0 Å². The van der Waals surface area contributed by atoms with E-state index in [-0.39, 0.29) is 5.69 Å². The Balaban J connectivity index is 2.37. The van der Waals surface area contributed by atoms with Crippen molar-refractivity contribution in [3.63, 3.8) is 0 Å². The zero-order chi connectivity index (χ0) is 11.8. The zero-order valence-corrected chi connectivity index (χ0v) is 8.69.